The lowest BCUT2D eigenvalue weighted by molar-refractivity contribution is 0.230. The Bertz CT molecular complexity index is 578. The van der Waals surface area contributed by atoms with Crippen LogP contribution < -0.4 is 5.32 Å². The minimum atomic E-state index is 0.462. The Morgan fingerprint density at radius 2 is 2.15 bits per heavy atom. The van der Waals surface area contributed by atoms with Gasteiger partial charge in [-0.2, -0.15) is 0 Å². The summed E-state index contributed by atoms with van der Waals surface area (Å²) in [6.45, 7) is 2.39. The van der Waals surface area contributed by atoms with Crippen LogP contribution in [0.4, 0.5) is 0 Å². The molecule has 0 amide bonds. The minimum Gasteiger partial charge on any atom is -0.313 e. The SMILES string of the molecule is CNC(c1ccc2cccnc2c1)C1CCCC(C)C1. The molecular formula is C18H24N2. The third-order valence-electron chi connectivity index (χ3n) is 4.75. The zero-order chi connectivity index (χ0) is 13.9. The van der Waals surface area contributed by atoms with E-state index in [1.807, 2.05) is 12.3 Å². The van der Waals surface area contributed by atoms with E-state index in [-0.39, 0.29) is 0 Å². The molecule has 3 atom stereocenters. The Hall–Kier alpha value is -1.41. The van der Waals surface area contributed by atoms with Gasteiger partial charge in [0.1, 0.15) is 0 Å². The van der Waals surface area contributed by atoms with Crippen LogP contribution in [0.25, 0.3) is 10.9 Å². The summed E-state index contributed by atoms with van der Waals surface area (Å²) in [6, 6.07) is 11.3. The summed E-state index contributed by atoms with van der Waals surface area (Å²) >= 11 is 0. The summed E-state index contributed by atoms with van der Waals surface area (Å²) in [5.41, 5.74) is 2.49. The van der Waals surface area contributed by atoms with Crippen molar-refractivity contribution in [1.29, 1.82) is 0 Å². The molecule has 1 fully saturated rings. The topological polar surface area (TPSA) is 24.9 Å². The van der Waals surface area contributed by atoms with Crippen molar-refractivity contribution in [2.24, 2.45) is 11.8 Å². The number of nitrogens with one attached hydrogen (secondary N) is 1. The number of pyridine rings is 1. The Balaban J connectivity index is 1.90. The van der Waals surface area contributed by atoms with Gasteiger partial charge in [-0.25, -0.2) is 0 Å². The van der Waals surface area contributed by atoms with Gasteiger partial charge in [-0.1, -0.05) is 38.0 Å². The number of hydrogen-bond donors (Lipinski definition) is 1. The first kappa shape index (κ1) is 13.6. The highest BCUT2D eigenvalue weighted by atomic mass is 14.9. The molecule has 0 radical (unpaired) electrons. The standard InChI is InChI=1S/C18H24N2/c1-13-5-3-6-15(11-13)18(19-2)16-9-8-14-7-4-10-20-17(14)12-16/h4,7-10,12-13,15,18-19H,3,5-6,11H2,1-2H3. The third kappa shape index (κ3) is 2.71. The van der Waals surface area contributed by atoms with Gasteiger partial charge in [0.05, 0.1) is 5.52 Å². The summed E-state index contributed by atoms with van der Waals surface area (Å²) in [6.07, 6.45) is 7.33. The van der Waals surface area contributed by atoms with E-state index >= 15 is 0 Å². The summed E-state index contributed by atoms with van der Waals surface area (Å²) in [7, 11) is 2.09. The Labute approximate surface area is 121 Å². The predicted octanol–water partition coefficient (Wildman–Crippen LogP) is 4.32. The van der Waals surface area contributed by atoms with E-state index in [0.717, 1.165) is 17.4 Å². The molecule has 1 aromatic heterocycles. The number of fused-ring (bicyclic) bond motifs is 1. The maximum absolute atomic E-state index is 4.49. The second kappa shape index (κ2) is 5.92. The predicted molar refractivity (Wildman–Crippen MR) is 84.7 cm³/mol. The second-order valence-corrected chi connectivity index (χ2v) is 6.25. The van der Waals surface area contributed by atoms with E-state index in [4.69, 9.17) is 0 Å². The quantitative estimate of drug-likeness (QED) is 0.896. The van der Waals surface area contributed by atoms with E-state index in [1.54, 1.807) is 0 Å². The van der Waals surface area contributed by atoms with E-state index in [1.165, 1.54) is 36.6 Å². The van der Waals surface area contributed by atoms with Crippen molar-refractivity contribution in [2.75, 3.05) is 7.05 Å². The van der Waals surface area contributed by atoms with Crippen LogP contribution in [0.15, 0.2) is 36.5 Å². The Morgan fingerprint density at radius 3 is 2.95 bits per heavy atom. The van der Waals surface area contributed by atoms with Crippen LogP contribution in [-0.2, 0) is 0 Å². The van der Waals surface area contributed by atoms with Crippen LogP contribution in [0.1, 0.15) is 44.2 Å². The number of hydrogen-bond acceptors (Lipinski definition) is 2. The molecule has 1 heterocycles. The maximum atomic E-state index is 4.49. The molecule has 106 valence electrons. The van der Waals surface area contributed by atoms with Gasteiger partial charge in [0.25, 0.3) is 0 Å². The van der Waals surface area contributed by atoms with Crippen LogP contribution in [0.3, 0.4) is 0 Å². The Morgan fingerprint density at radius 1 is 1.25 bits per heavy atom. The highest BCUT2D eigenvalue weighted by molar-refractivity contribution is 5.79. The zero-order valence-corrected chi connectivity index (χ0v) is 12.5. The minimum absolute atomic E-state index is 0.462. The maximum Gasteiger partial charge on any atom is 0.0705 e. The van der Waals surface area contributed by atoms with Gasteiger partial charge >= 0.3 is 0 Å². The summed E-state index contributed by atoms with van der Waals surface area (Å²) in [4.78, 5) is 4.49. The van der Waals surface area contributed by atoms with Crippen molar-refractivity contribution in [3.05, 3.63) is 42.1 Å². The zero-order valence-electron chi connectivity index (χ0n) is 12.5. The van der Waals surface area contributed by atoms with Crippen LogP contribution in [0.5, 0.6) is 0 Å². The molecule has 2 heteroatoms. The molecule has 0 aliphatic heterocycles. The second-order valence-electron chi connectivity index (χ2n) is 6.25. The lowest BCUT2D eigenvalue weighted by atomic mass is 9.76. The third-order valence-corrected chi connectivity index (χ3v) is 4.75. The monoisotopic (exact) mass is 268 g/mol. The highest BCUT2D eigenvalue weighted by Crippen LogP contribution is 2.37. The van der Waals surface area contributed by atoms with Gasteiger partial charge in [-0.05, 0) is 49.4 Å². The number of aromatic nitrogens is 1. The van der Waals surface area contributed by atoms with E-state index in [0.29, 0.717) is 6.04 Å². The van der Waals surface area contributed by atoms with Gasteiger partial charge in [0.15, 0.2) is 0 Å². The first-order valence-corrected chi connectivity index (χ1v) is 7.80. The van der Waals surface area contributed by atoms with Gasteiger partial charge < -0.3 is 5.32 Å². The summed E-state index contributed by atoms with van der Waals surface area (Å²) in [5.74, 6) is 1.62. The first-order valence-electron chi connectivity index (χ1n) is 7.80. The number of rotatable bonds is 3. The lowest BCUT2D eigenvalue weighted by Gasteiger charge is -2.33. The van der Waals surface area contributed by atoms with Crippen molar-refractivity contribution in [3.63, 3.8) is 0 Å². The number of nitrogens with zero attached hydrogens (tertiary/aromatic N) is 1. The first-order chi connectivity index (χ1) is 9.78. The molecule has 1 aliphatic carbocycles. The van der Waals surface area contributed by atoms with Crippen molar-refractivity contribution in [1.82, 2.24) is 10.3 Å². The summed E-state index contributed by atoms with van der Waals surface area (Å²) < 4.78 is 0. The van der Waals surface area contributed by atoms with Crippen LogP contribution in [-0.4, -0.2) is 12.0 Å². The normalized spacial score (nSPS) is 24.7. The highest BCUT2D eigenvalue weighted by Gasteiger charge is 2.26. The Kier molecular flexibility index (Phi) is 4.02. The largest absolute Gasteiger partial charge is 0.313 e. The molecule has 20 heavy (non-hydrogen) atoms. The van der Waals surface area contributed by atoms with Crippen LogP contribution in [0, 0.1) is 11.8 Å². The summed E-state index contributed by atoms with van der Waals surface area (Å²) in [5, 5.41) is 4.77. The van der Waals surface area contributed by atoms with Gasteiger partial charge in [0, 0.05) is 17.6 Å². The van der Waals surface area contributed by atoms with Crippen LogP contribution >= 0.6 is 0 Å². The molecule has 1 aromatic carbocycles. The average Bonchev–Trinajstić information content (AvgIpc) is 2.48. The van der Waals surface area contributed by atoms with Crippen molar-refractivity contribution in [2.45, 2.75) is 38.6 Å². The van der Waals surface area contributed by atoms with Crippen LogP contribution in [0.2, 0.25) is 0 Å². The molecular weight excluding hydrogens is 244 g/mol. The molecule has 2 aromatic rings. The average molecular weight is 268 g/mol. The van der Waals surface area contributed by atoms with Crippen molar-refractivity contribution in [3.8, 4) is 0 Å². The fraction of sp³-hybridized carbons (Fsp3) is 0.500. The van der Waals surface area contributed by atoms with Gasteiger partial charge in [-0.15, -0.1) is 0 Å². The smallest absolute Gasteiger partial charge is 0.0705 e. The molecule has 3 unspecified atom stereocenters. The van der Waals surface area contributed by atoms with Crippen molar-refractivity contribution >= 4 is 10.9 Å². The van der Waals surface area contributed by atoms with E-state index in [2.05, 4.69) is 48.5 Å². The fourth-order valence-corrected chi connectivity index (χ4v) is 3.74. The van der Waals surface area contributed by atoms with E-state index < -0.39 is 0 Å². The lowest BCUT2D eigenvalue weighted by Crippen LogP contribution is -2.29. The fourth-order valence-electron chi connectivity index (χ4n) is 3.74. The molecule has 2 nitrogen and oxygen atoms in total. The van der Waals surface area contributed by atoms with Crippen molar-refractivity contribution < 1.29 is 0 Å². The van der Waals surface area contributed by atoms with Gasteiger partial charge in [0.2, 0.25) is 0 Å². The molecule has 0 saturated heterocycles. The molecule has 1 N–H and O–H groups in total. The molecule has 0 spiro atoms. The molecule has 1 saturated carbocycles. The molecule has 1 aliphatic rings. The van der Waals surface area contributed by atoms with E-state index in [9.17, 15) is 0 Å². The molecule has 0 bridgehead atoms. The van der Waals surface area contributed by atoms with Gasteiger partial charge in [-0.3, -0.25) is 4.98 Å². The molecule has 3 rings (SSSR count). The number of benzene rings is 1.